The molecule has 0 N–H and O–H groups in total. The highest BCUT2D eigenvalue weighted by atomic mass is 14.3. The number of hydrogen-bond donors (Lipinski definition) is 0. The van der Waals surface area contributed by atoms with E-state index in [9.17, 15) is 0 Å². The fourth-order valence-corrected chi connectivity index (χ4v) is 3.33. The zero-order chi connectivity index (χ0) is 12.2. The molecule has 0 bridgehead atoms. The van der Waals surface area contributed by atoms with Gasteiger partial charge in [0.2, 0.25) is 0 Å². The second-order valence-corrected chi connectivity index (χ2v) is 5.32. The summed E-state index contributed by atoms with van der Waals surface area (Å²) in [7, 11) is 0. The summed E-state index contributed by atoms with van der Waals surface area (Å²) in [6.07, 6.45) is 5.43. The normalized spacial score (nSPS) is 23.8. The summed E-state index contributed by atoms with van der Waals surface area (Å²) in [5, 5.41) is 0. The maximum atomic E-state index is 2.30. The summed E-state index contributed by atoms with van der Waals surface area (Å²) < 4.78 is 0. The molecule has 0 heterocycles. The van der Waals surface area contributed by atoms with Gasteiger partial charge in [-0.3, -0.25) is 0 Å². The molecule has 0 heteroatoms. The predicted molar refractivity (Wildman–Crippen MR) is 76.8 cm³/mol. The Morgan fingerprint density at radius 3 is 1.33 bits per heavy atom. The third-order valence-corrected chi connectivity index (χ3v) is 4.22. The monoisotopic (exact) mass is 236 g/mol. The van der Waals surface area contributed by atoms with Gasteiger partial charge in [-0.05, 0) is 35.8 Å². The first-order valence-corrected chi connectivity index (χ1v) is 7.05. The molecule has 1 fully saturated rings. The van der Waals surface area contributed by atoms with E-state index in [1.54, 1.807) is 0 Å². The molecule has 2 atom stereocenters. The number of rotatable bonds is 2. The molecule has 1 aliphatic rings. The number of benzene rings is 2. The summed E-state index contributed by atoms with van der Waals surface area (Å²) in [4.78, 5) is 0. The van der Waals surface area contributed by atoms with E-state index in [0.717, 1.165) is 0 Å². The summed E-state index contributed by atoms with van der Waals surface area (Å²) in [6.45, 7) is 0. The second-order valence-electron chi connectivity index (χ2n) is 5.32. The van der Waals surface area contributed by atoms with Gasteiger partial charge in [0.1, 0.15) is 0 Å². The van der Waals surface area contributed by atoms with E-state index in [1.807, 2.05) is 0 Å². The quantitative estimate of drug-likeness (QED) is 0.678. The Labute approximate surface area is 110 Å². The van der Waals surface area contributed by atoms with Crippen LogP contribution in [0.5, 0.6) is 0 Å². The molecule has 0 amide bonds. The smallest absolute Gasteiger partial charge is 0.00931 e. The first-order chi connectivity index (χ1) is 8.95. The van der Waals surface area contributed by atoms with Gasteiger partial charge >= 0.3 is 0 Å². The summed E-state index contributed by atoms with van der Waals surface area (Å²) >= 11 is 0. The third-order valence-electron chi connectivity index (χ3n) is 4.22. The fourth-order valence-electron chi connectivity index (χ4n) is 3.33. The van der Waals surface area contributed by atoms with Gasteiger partial charge in [0.15, 0.2) is 0 Å². The van der Waals surface area contributed by atoms with Crippen molar-refractivity contribution in [3.05, 3.63) is 71.8 Å². The fraction of sp³-hybridized carbons (Fsp3) is 0.333. The Bertz CT molecular complexity index is 424. The topological polar surface area (TPSA) is 0 Å². The molecule has 92 valence electrons. The van der Waals surface area contributed by atoms with Crippen LogP contribution in [0.4, 0.5) is 0 Å². The summed E-state index contributed by atoms with van der Waals surface area (Å²) in [5.41, 5.74) is 3.04. The molecule has 0 radical (unpaired) electrons. The van der Waals surface area contributed by atoms with Crippen LogP contribution >= 0.6 is 0 Å². The van der Waals surface area contributed by atoms with Crippen molar-refractivity contribution >= 4 is 0 Å². The second kappa shape index (κ2) is 5.39. The third kappa shape index (κ3) is 2.33. The zero-order valence-corrected chi connectivity index (χ0v) is 10.8. The average Bonchev–Trinajstić information content (AvgIpc) is 2.49. The van der Waals surface area contributed by atoms with Gasteiger partial charge in [-0.2, -0.15) is 0 Å². The molecule has 2 aromatic carbocycles. The van der Waals surface area contributed by atoms with E-state index in [0.29, 0.717) is 11.8 Å². The lowest BCUT2D eigenvalue weighted by Gasteiger charge is -2.32. The van der Waals surface area contributed by atoms with Gasteiger partial charge in [0, 0.05) is 0 Å². The minimum Gasteiger partial charge on any atom is -0.0622 e. The van der Waals surface area contributed by atoms with Crippen LogP contribution in [0.15, 0.2) is 60.7 Å². The average molecular weight is 236 g/mol. The van der Waals surface area contributed by atoms with Gasteiger partial charge < -0.3 is 0 Å². The van der Waals surface area contributed by atoms with Gasteiger partial charge in [0.25, 0.3) is 0 Å². The van der Waals surface area contributed by atoms with Crippen molar-refractivity contribution in [1.82, 2.24) is 0 Å². The molecule has 2 unspecified atom stereocenters. The highest BCUT2D eigenvalue weighted by Crippen LogP contribution is 2.43. The van der Waals surface area contributed by atoms with Crippen LogP contribution in [0.25, 0.3) is 0 Å². The molecule has 0 spiro atoms. The minimum atomic E-state index is 0.711. The van der Waals surface area contributed by atoms with Crippen molar-refractivity contribution in [2.24, 2.45) is 0 Å². The van der Waals surface area contributed by atoms with Crippen LogP contribution in [0, 0.1) is 0 Å². The zero-order valence-electron chi connectivity index (χ0n) is 10.8. The Morgan fingerprint density at radius 2 is 0.944 bits per heavy atom. The first kappa shape index (κ1) is 11.5. The van der Waals surface area contributed by atoms with E-state index >= 15 is 0 Å². The van der Waals surface area contributed by atoms with Crippen LogP contribution in [0.1, 0.15) is 48.6 Å². The SMILES string of the molecule is c1ccc(C2CCCCC2c2ccccc2)cc1. The Balaban J connectivity index is 1.92. The molecular weight excluding hydrogens is 216 g/mol. The van der Waals surface area contributed by atoms with Crippen molar-refractivity contribution in [3.8, 4) is 0 Å². The van der Waals surface area contributed by atoms with E-state index < -0.39 is 0 Å². The van der Waals surface area contributed by atoms with E-state index in [-0.39, 0.29) is 0 Å². The highest BCUT2D eigenvalue weighted by molar-refractivity contribution is 5.29. The molecule has 0 aliphatic heterocycles. The Morgan fingerprint density at radius 1 is 0.556 bits per heavy atom. The maximum Gasteiger partial charge on any atom is -0.00931 e. The minimum absolute atomic E-state index is 0.711. The van der Waals surface area contributed by atoms with Crippen molar-refractivity contribution < 1.29 is 0 Å². The molecule has 1 aliphatic carbocycles. The van der Waals surface area contributed by atoms with Gasteiger partial charge in [0.05, 0.1) is 0 Å². The molecule has 18 heavy (non-hydrogen) atoms. The van der Waals surface area contributed by atoms with E-state index in [4.69, 9.17) is 0 Å². The molecule has 2 aromatic rings. The van der Waals surface area contributed by atoms with Crippen LogP contribution in [-0.4, -0.2) is 0 Å². The van der Waals surface area contributed by atoms with Gasteiger partial charge in [-0.15, -0.1) is 0 Å². The van der Waals surface area contributed by atoms with Gasteiger partial charge in [-0.25, -0.2) is 0 Å². The van der Waals surface area contributed by atoms with Crippen molar-refractivity contribution in [3.63, 3.8) is 0 Å². The van der Waals surface area contributed by atoms with Crippen LogP contribution in [0.2, 0.25) is 0 Å². The van der Waals surface area contributed by atoms with Crippen LogP contribution < -0.4 is 0 Å². The van der Waals surface area contributed by atoms with E-state index in [2.05, 4.69) is 60.7 Å². The lowest BCUT2D eigenvalue weighted by Crippen LogP contribution is -2.16. The lowest BCUT2D eigenvalue weighted by atomic mass is 9.72. The molecule has 0 aromatic heterocycles. The largest absolute Gasteiger partial charge is 0.0622 e. The van der Waals surface area contributed by atoms with Crippen LogP contribution in [-0.2, 0) is 0 Å². The molecule has 0 nitrogen and oxygen atoms in total. The summed E-state index contributed by atoms with van der Waals surface area (Å²) in [6, 6.07) is 22.1. The lowest BCUT2D eigenvalue weighted by molar-refractivity contribution is 0.386. The van der Waals surface area contributed by atoms with Crippen molar-refractivity contribution in [1.29, 1.82) is 0 Å². The van der Waals surface area contributed by atoms with Gasteiger partial charge in [-0.1, -0.05) is 73.5 Å². The van der Waals surface area contributed by atoms with Crippen molar-refractivity contribution in [2.45, 2.75) is 37.5 Å². The molecule has 0 saturated heterocycles. The molecular formula is C18H20. The Kier molecular flexibility index (Phi) is 3.45. The first-order valence-electron chi connectivity index (χ1n) is 7.05. The molecule has 1 saturated carbocycles. The van der Waals surface area contributed by atoms with Crippen LogP contribution in [0.3, 0.4) is 0 Å². The van der Waals surface area contributed by atoms with Crippen molar-refractivity contribution in [2.75, 3.05) is 0 Å². The Hall–Kier alpha value is -1.56. The summed E-state index contributed by atoms with van der Waals surface area (Å²) in [5.74, 6) is 1.42. The standard InChI is InChI=1S/C18H20/c1-3-9-15(10-4-1)17-13-7-8-14-18(17)16-11-5-2-6-12-16/h1-6,9-12,17-18H,7-8,13-14H2. The molecule has 3 rings (SSSR count). The predicted octanol–water partition coefficient (Wildman–Crippen LogP) is 5.13. The van der Waals surface area contributed by atoms with E-state index in [1.165, 1.54) is 36.8 Å². The highest BCUT2D eigenvalue weighted by Gasteiger charge is 2.27. The maximum absolute atomic E-state index is 2.30. The number of hydrogen-bond acceptors (Lipinski definition) is 0.